The molecule has 0 fully saturated rings. The molecule has 25 heavy (non-hydrogen) atoms. The second-order valence-corrected chi connectivity index (χ2v) is 5.84. The van der Waals surface area contributed by atoms with Crippen LogP contribution in [-0.4, -0.2) is 20.9 Å². The van der Waals surface area contributed by atoms with Crippen LogP contribution in [0, 0.1) is 15.9 Å². The number of ether oxygens (including phenoxy) is 1. The van der Waals surface area contributed by atoms with Crippen molar-refractivity contribution in [2.24, 2.45) is 0 Å². The lowest BCUT2D eigenvalue weighted by Crippen LogP contribution is -2.12. The maximum absolute atomic E-state index is 13.7. The van der Waals surface area contributed by atoms with Crippen LogP contribution in [0.25, 0.3) is 5.65 Å². The summed E-state index contributed by atoms with van der Waals surface area (Å²) in [5, 5.41) is 14.6. The zero-order chi connectivity index (χ0) is 17.4. The lowest BCUT2D eigenvalue weighted by Gasteiger charge is -2.18. The molecular formula is C17H15FN4O3. The molecule has 1 aromatic carbocycles. The number of benzene rings is 1. The van der Waals surface area contributed by atoms with E-state index in [1.54, 1.807) is 30.5 Å². The number of rotatable bonds is 3. The van der Waals surface area contributed by atoms with Gasteiger partial charge in [-0.1, -0.05) is 6.07 Å². The molecule has 0 saturated carbocycles. The number of nitro groups is 1. The molecule has 0 amide bonds. The highest BCUT2D eigenvalue weighted by molar-refractivity contribution is 5.63. The van der Waals surface area contributed by atoms with E-state index >= 15 is 0 Å². The van der Waals surface area contributed by atoms with Crippen LogP contribution in [-0.2, 0) is 0 Å². The first-order valence-electron chi connectivity index (χ1n) is 7.94. The average Bonchev–Trinajstić information content (AvgIpc) is 2.85. The second kappa shape index (κ2) is 6.04. The average molecular weight is 342 g/mol. The van der Waals surface area contributed by atoms with Gasteiger partial charge in [-0.25, -0.2) is 4.39 Å². The number of hydrogen-bond acceptors (Lipinski definition) is 5. The minimum atomic E-state index is -0.470. The molecule has 2 aromatic heterocycles. The number of nitrogens with zero attached hydrogens (tertiary/aromatic N) is 3. The maximum Gasteiger partial charge on any atom is 0.372 e. The van der Waals surface area contributed by atoms with Crippen LogP contribution < -0.4 is 10.1 Å². The first-order chi connectivity index (χ1) is 12.1. The van der Waals surface area contributed by atoms with Gasteiger partial charge >= 0.3 is 5.82 Å². The monoisotopic (exact) mass is 342 g/mol. The Labute approximate surface area is 142 Å². The fourth-order valence-electron chi connectivity index (χ4n) is 3.12. The Morgan fingerprint density at radius 3 is 3.08 bits per heavy atom. The molecule has 4 rings (SSSR count). The number of imidazole rings is 1. The number of fused-ring (bicyclic) bond motifs is 2. The summed E-state index contributed by atoms with van der Waals surface area (Å²) in [7, 11) is 0. The molecule has 0 saturated heterocycles. The molecule has 3 aromatic rings. The Kier molecular flexibility index (Phi) is 3.72. The van der Waals surface area contributed by atoms with Gasteiger partial charge in [-0.3, -0.25) is 0 Å². The number of halogens is 1. The van der Waals surface area contributed by atoms with Crippen LogP contribution in [0.1, 0.15) is 24.4 Å². The van der Waals surface area contributed by atoms with Gasteiger partial charge in [0.2, 0.25) is 11.5 Å². The van der Waals surface area contributed by atoms with Crippen molar-refractivity contribution in [3.63, 3.8) is 0 Å². The lowest BCUT2D eigenvalue weighted by atomic mass is 10.0. The first kappa shape index (κ1) is 15.4. The highest BCUT2D eigenvalue weighted by Crippen LogP contribution is 2.36. The Hall–Kier alpha value is -3.16. The minimum absolute atomic E-state index is 0.140. The maximum atomic E-state index is 13.7. The van der Waals surface area contributed by atoms with E-state index in [2.05, 4.69) is 10.3 Å². The van der Waals surface area contributed by atoms with Crippen molar-refractivity contribution in [1.29, 1.82) is 0 Å². The molecule has 3 heterocycles. The molecule has 7 nitrogen and oxygen atoms in total. The van der Waals surface area contributed by atoms with E-state index in [1.165, 1.54) is 16.5 Å². The van der Waals surface area contributed by atoms with Crippen LogP contribution in [0.4, 0.5) is 16.0 Å². The van der Waals surface area contributed by atoms with Crippen molar-refractivity contribution >= 4 is 17.3 Å². The van der Waals surface area contributed by atoms with Gasteiger partial charge in [-0.2, -0.15) is 9.38 Å². The van der Waals surface area contributed by atoms with Crippen molar-refractivity contribution in [3.8, 4) is 5.75 Å². The summed E-state index contributed by atoms with van der Waals surface area (Å²) in [5.74, 6) is 0.236. The highest BCUT2D eigenvalue weighted by Gasteiger charge is 2.27. The van der Waals surface area contributed by atoms with E-state index < -0.39 is 4.92 Å². The van der Waals surface area contributed by atoms with E-state index in [9.17, 15) is 14.5 Å². The molecule has 0 bridgehead atoms. The Morgan fingerprint density at radius 1 is 1.36 bits per heavy atom. The Bertz CT molecular complexity index is 956. The summed E-state index contributed by atoms with van der Waals surface area (Å²) in [4.78, 5) is 15.4. The van der Waals surface area contributed by atoms with Crippen molar-refractivity contribution in [2.75, 3.05) is 11.9 Å². The van der Waals surface area contributed by atoms with Gasteiger partial charge in [0.25, 0.3) is 0 Å². The van der Waals surface area contributed by atoms with E-state index in [1.807, 2.05) is 0 Å². The Morgan fingerprint density at radius 2 is 2.24 bits per heavy atom. The van der Waals surface area contributed by atoms with E-state index in [0.717, 1.165) is 6.42 Å². The molecule has 128 valence electrons. The number of hydrogen-bond donors (Lipinski definition) is 1. The summed E-state index contributed by atoms with van der Waals surface area (Å²) < 4.78 is 20.8. The second-order valence-electron chi connectivity index (χ2n) is 5.84. The lowest BCUT2D eigenvalue weighted by molar-refractivity contribution is -0.389. The molecule has 1 N–H and O–H groups in total. The molecule has 0 aliphatic carbocycles. The van der Waals surface area contributed by atoms with Gasteiger partial charge in [0, 0.05) is 11.6 Å². The molecule has 0 radical (unpaired) electrons. The van der Waals surface area contributed by atoms with Gasteiger partial charge < -0.3 is 20.2 Å². The predicted octanol–water partition coefficient (Wildman–Crippen LogP) is 3.71. The molecule has 1 atom stereocenters. The topological polar surface area (TPSA) is 81.7 Å². The summed E-state index contributed by atoms with van der Waals surface area (Å²) in [6.07, 6.45) is 2.99. The number of pyridine rings is 1. The summed E-state index contributed by atoms with van der Waals surface area (Å²) >= 11 is 0. The molecule has 1 aliphatic rings. The molecular weight excluding hydrogens is 327 g/mol. The van der Waals surface area contributed by atoms with Crippen LogP contribution in [0.15, 0.2) is 42.6 Å². The van der Waals surface area contributed by atoms with Gasteiger partial charge in [-0.15, -0.1) is 0 Å². The van der Waals surface area contributed by atoms with Crippen LogP contribution in [0.5, 0.6) is 5.75 Å². The van der Waals surface area contributed by atoms with Crippen LogP contribution >= 0.6 is 0 Å². The largest absolute Gasteiger partial charge is 0.493 e. The van der Waals surface area contributed by atoms with E-state index in [-0.39, 0.29) is 23.5 Å². The first-order valence-corrected chi connectivity index (χ1v) is 7.94. The quantitative estimate of drug-likeness (QED) is 0.580. The molecule has 1 aliphatic heterocycles. The van der Waals surface area contributed by atoms with E-state index in [0.29, 0.717) is 30.0 Å². The zero-order valence-electron chi connectivity index (χ0n) is 13.2. The number of nitrogens with one attached hydrogen (secondary N) is 1. The van der Waals surface area contributed by atoms with Gasteiger partial charge in [-0.05, 0) is 42.0 Å². The predicted molar refractivity (Wildman–Crippen MR) is 89.3 cm³/mol. The van der Waals surface area contributed by atoms with Crippen molar-refractivity contribution < 1.29 is 14.1 Å². The molecule has 0 spiro atoms. The van der Waals surface area contributed by atoms with Gasteiger partial charge in [0.15, 0.2) is 0 Å². The normalized spacial score (nSPS) is 16.8. The van der Waals surface area contributed by atoms with Crippen LogP contribution in [0.2, 0.25) is 0 Å². The van der Waals surface area contributed by atoms with Crippen molar-refractivity contribution in [1.82, 2.24) is 9.38 Å². The fourth-order valence-corrected chi connectivity index (χ4v) is 3.12. The molecule has 8 heteroatoms. The standard InChI is InChI=1S/C17H15FN4O3/c18-11-6-7-14-12(10-11)13(4-3-9-25-14)19-16-17(22(23)24)21-8-2-1-5-15(21)20-16/h1-2,5-8,10,13,19H,3-4,9H2/t13-/m0/s1. The van der Waals surface area contributed by atoms with Gasteiger partial charge in [0.1, 0.15) is 11.6 Å². The Balaban J connectivity index is 1.78. The highest BCUT2D eigenvalue weighted by atomic mass is 19.1. The fraction of sp³-hybridized carbons (Fsp3) is 0.235. The summed E-state index contributed by atoms with van der Waals surface area (Å²) in [6.45, 7) is 0.518. The minimum Gasteiger partial charge on any atom is -0.493 e. The summed E-state index contributed by atoms with van der Waals surface area (Å²) in [5.41, 5.74) is 1.12. The molecule has 0 unspecified atom stereocenters. The third-order valence-electron chi connectivity index (χ3n) is 4.23. The third kappa shape index (κ3) is 2.75. The summed E-state index contributed by atoms with van der Waals surface area (Å²) in [6, 6.07) is 9.17. The van der Waals surface area contributed by atoms with Crippen molar-refractivity contribution in [3.05, 3.63) is 64.1 Å². The number of anilines is 1. The van der Waals surface area contributed by atoms with Gasteiger partial charge in [0.05, 0.1) is 18.8 Å². The van der Waals surface area contributed by atoms with Crippen LogP contribution in [0.3, 0.4) is 0 Å². The third-order valence-corrected chi connectivity index (χ3v) is 4.23. The smallest absolute Gasteiger partial charge is 0.372 e. The van der Waals surface area contributed by atoms with Crippen molar-refractivity contribution in [2.45, 2.75) is 18.9 Å². The zero-order valence-corrected chi connectivity index (χ0v) is 13.2. The SMILES string of the molecule is O=[N+]([O-])c1c(N[C@H]2CCCOc3ccc(F)cc32)nc2ccccn12. The van der Waals surface area contributed by atoms with E-state index in [4.69, 9.17) is 4.74 Å². The number of aromatic nitrogens is 2.